The van der Waals surface area contributed by atoms with E-state index in [0.29, 0.717) is 123 Å². The molecule has 0 aliphatic rings. The van der Waals surface area contributed by atoms with Crippen molar-refractivity contribution in [2.75, 3.05) is 13.2 Å². The van der Waals surface area contributed by atoms with Crippen molar-refractivity contribution >= 4 is 126 Å². The van der Waals surface area contributed by atoms with Crippen molar-refractivity contribution in [3.8, 4) is 40.1 Å². The highest BCUT2D eigenvalue weighted by atomic mass is 35.5. The molecule has 4 aromatic heterocycles. The Kier molecular flexibility index (Phi) is 29.7. The van der Waals surface area contributed by atoms with Gasteiger partial charge in [0.2, 0.25) is 5.70 Å². The van der Waals surface area contributed by atoms with Crippen LogP contribution in [-0.4, -0.2) is 55.8 Å². The molecule has 0 aliphatic carbocycles. The Hall–Kier alpha value is -9.13. The van der Waals surface area contributed by atoms with Gasteiger partial charge < -0.3 is 19.9 Å². The van der Waals surface area contributed by atoms with E-state index in [9.17, 15) is 11.8 Å². The lowest BCUT2D eigenvalue weighted by Crippen LogP contribution is -2.54. The minimum atomic E-state index is -0.665. The Morgan fingerprint density at radius 2 is 0.764 bits per heavy atom. The van der Waals surface area contributed by atoms with Crippen LogP contribution >= 0.6 is 46.4 Å². The van der Waals surface area contributed by atoms with Crippen LogP contribution in [0.3, 0.4) is 0 Å². The highest BCUT2D eigenvalue weighted by molar-refractivity contribution is 6.85. The van der Waals surface area contributed by atoms with Crippen molar-refractivity contribution in [1.82, 2.24) is 28.9 Å². The van der Waals surface area contributed by atoms with Gasteiger partial charge in [-0.2, -0.15) is 5.26 Å². The summed E-state index contributed by atoms with van der Waals surface area (Å²) < 4.78 is 19.2. The highest BCUT2D eigenvalue weighted by Crippen LogP contribution is 2.40. The Balaban J connectivity index is 0.0000122. The smallest absolute Gasteiger partial charge is 0.328 e. The van der Waals surface area contributed by atoms with E-state index in [-0.39, 0.29) is 12.7 Å². The van der Waals surface area contributed by atoms with Gasteiger partial charge in [-0.3, -0.25) is 15.0 Å². The largest absolute Gasteiger partial charge is 1.00 e. The van der Waals surface area contributed by atoms with Crippen molar-refractivity contribution in [3.05, 3.63) is 260 Å². The second-order valence-corrected chi connectivity index (χ2v) is 31.2. The Labute approximate surface area is 673 Å². The molecule has 0 saturated carbocycles. The molecule has 4 heterocycles. The lowest BCUT2D eigenvalue weighted by Gasteiger charge is -2.25. The topological polar surface area (TPSA) is 108 Å². The molecule has 12 rings (SSSR count). The van der Waals surface area contributed by atoms with Crippen molar-refractivity contribution in [1.29, 1.82) is 5.26 Å². The molecule has 0 saturated heterocycles. The van der Waals surface area contributed by atoms with Gasteiger partial charge in [0.1, 0.15) is 28.8 Å². The predicted molar refractivity (Wildman–Crippen MR) is 466 cm³/mol. The monoisotopic (exact) mass is 1540 g/mol. The second kappa shape index (κ2) is 40.7. The van der Waals surface area contributed by atoms with Gasteiger partial charge in [-0.1, -0.05) is 370 Å². The molecule has 2 atom stereocenters. The number of fused-ring (bicyclic) bond motifs is 3. The van der Waals surface area contributed by atoms with Gasteiger partial charge in [-0.15, -0.1) is 0 Å². The number of benzene rings is 8. The normalized spacial score (nSPS) is 12.6. The molecule has 0 fully saturated rings. The number of rotatable bonds is 40. The van der Waals surface area contributed by atoms with Gasteiger partial charge in [0, 0.05) is 44.8 Å². The molecule has 10 nitrogen and oxygen atoms in total. The average molecular weight is 1540 g/mol. The quantitative estimate of drug-likeness (QED) is 0.0214. The van der Waals surface area contributed by atoms with Crippen molar-refractivity contribution in [3.63, 3.8) is 0 Å². The van der Waals surface area contributed by atoms with Crippen molar-refractivity contribution < 1.29 is 10.9 Å². The van der Waals surface area contributed by atoms with E-state index in [4.69, 9.17) is 80.7 Å². The molecular weight excluding hydrogens is 1440 g/mol. The van der Waals surface area contributed by atoms with Gasteiger partial charge in [-0.05, 0) is 86.1 Å². The maximum Gasteiger partial charge on any atom is 0.328 e. The summed E-state index contributed by atoms with van der Waals surface area (Å²) in [5.41, 5.74) is 9.59. The minimum absolute atomic E-state index is 0. The third-order valence-corrected chi connectivity index (χ3v) is 23.0. The fourth-order valence-electron chi connectivity index (χ4n) is 15.9. The molecule has 0 aliphatic heterocycles. The molecule has 0 bridgehead atoms. The Morgan fingerprint density at radius 1 is 0.427 bits per heavy atom. The van der Waals surface area contributed by atoms with Gasteiger partial charge >= 0.3 is 13.7 Å². The lowest BCUT2D eigenvalue weighted by atomic mass is 9.50. The number of ether oxygens (including phenoxy) is 2. The third kappa shape index (κ3) is 19.8. The highest BCUT2D eigenvalue weighted by Gasteiger charge is 2.38. The van der Waals surface area contributed by atoms with Crippen LogP contribution in [0.25, 0.3) is 71.5 Å². The standard InChI is InChI=1S/C94H100B2Cl4N8O2.H/c1-6-10-14-18-20-28-42-67(40-26-16-12-8-3)65-109-75-54-38-44-69(56-75)91-88-89(94(90(102-5)87-64-104-83-59-79(98)81(100)61-85(83)106-87)108(91)96(73-50-34-24-35-51-73)74-52-36-25-37-53-74)92(70-45-39-55-76(57-70)110-66-68(41-27-17-13-9-4)43-29-21-19-15-11-7-2)107(95(71-46-30-22-31-47-71)72-48-32-23-33-49-72)93(88)77(62-101)86-63-103-82-58-78(97)80(99)60-84(82)105-86;/h22-25,30-39,44-61,63-64,67-68H,6-21,26-29,40-43,65-66H2,1-4H3;/q;-1/b93-77-,94-90+;/i;1+1. The number of aromatic nitrogens is 6. The van der Waals surface area contributed by atoms with E-state index in [0.717, 1.165) is 84.3 Å². The molecule has 0 radical (unpaired) electrons. The number of hydrogen-bond donors (Lipinski definition) is 0. The summed E-state index contributed by atoms with van der Waals surface area (Å²) in [6.07, 6.45) is 31.9. The summed E-state index contributed by atoms with van der Waals surface area (Å²) in [7, 11) is 0. The second-order valence-electron chi connectivity index (χ2n) is 29.5. The fraction of sp³-hybridized carbons (Fsp3) is 0.340. The van der Waals surface area contributed by atoms with Crippen LogP contribution in [-0.2, 0) is 0 Å². The number of unbranched alkanes of at least 4 members (excludes halogenated alkanes) is 16. The van der Waals surface area contributed by atoms with E-state index in [2.05, 4.69) is 188 Å². The maximum atomic E-state index is 12.9. The molecule has 110 heavy (non-hydrogen) atoms. The molecular formula is C94H101B2Cl4N8O2-. The van der Waals surface area contributed by atoms with Crippen LogP contribution < -0.4 is 42.0 Å². The first-order chi connectivity index (χ1) is 54.0. The van der Waals surface area contributed by atoms with E-state index >= 15 is 0 Å². The van der Waals surface area contributed by atoms with E-state index in [1.807, 2.05) is 24.3 Å². The molecule has 0 spiro atoms. The lowest BCUT2D eigenvalue weighted by molar-refractivity contribution is 0.224. The van der Waals surface area contributed by atoms with Crippen LogP contribution in [0, 0.1) is 29.7 Å². The number of nitriles is 1. The maximum absolute atomic E-state index is 12.9. The van der Waals surface area contributed by atoms with Gasteiger partial charge in [0.15, 0.2) is 0 Å². The Morgan fingerprint density at radius 3 is 1.15 bits per heavy atom. The number of halogens is 4. The zero-order chi connectivity index (χ0) is 76.6. The number of hydrogen-bond acceptors (Lipinski definition) is 7. The predicted octanol–water partition coefficient (Wildman–Crippen LogP) is 22.9. The summed E-state index contributed by atoms with van der Waals surface area (Å²) in [6, 6.07) is 68.5. The molecule has 12 aromatic rings. The first-order valence-electron chi connectivity index (χ1n) is 40.3. The van der Waals surface area contributed by atoms with Crippen LogP contribution in [0.4, 0.5) is 0 Å². The summed E-state index contributed by atoms with van der Waals surface area (Å²) >= 11 is 27.3. The van der Waals surface area contributed by atoms with Crippen molar-refractivity contribution in [2.24, 2.45) is 11.8 Å². The minimum Gasteiger partial charge on any atom is -1.00 e. The summed E-state index contributed by atoms with van der Waals surface area (Å²) in [5.74, 6) is 2.10. The average Bonchev–Trinajstić information content (AvgIpc) is 1.52. The van der Waals surface area contributed by atoms with E-state index in [1.54, 1.807) is 36.7 Å². The number of nitrogens with zero attached hydrogens (tertiary/aromatic N) is 8. The first kappa shape index (κ1) is 80.4. The zero-order valence-electron chi connectivity index (χ0n) is 65.2. The Bertz CT molecular complexity index is 4840. The molecule has 0 N–H and O–H groups in total. The molecule has 2 unspecified atom stereocenters. The molecule has 16 heteroatoms. The van der Waals surface area contributed by atoms with Crippen LogP contribution in [0.5, 0.6) is 11.5 Å². The van der Waals surface area contributed by atoms with Crippen LogP contribution in [0.2, 0.25) is 20.1 Å². The van der Waals surface area contributed by atoms with Gasteiger partial charge in [0.05, 0.1) is 79.2 Å². The van der Waals surface area contributed by atoms with Crippen LogP contribution in [0.15, 0.2) is 207 Å². The zero-order valence-corrected chi connectivity index (χ0v) is 67.3. The van der Waals surface area contributed by atoms with E-state index < -0.39 is 13.7 Å². The van der Waals surface area contributed by atoms with Crippen molar-refractivity contribution in [2.45, 2.75) is 182 Å². The summed E-state index contributed by atoms with van der Waals surface area (Å²) in [6.45, 7) is 18.9. The van der Waals surface area contributed by atoms with Gasteiger partial charge in [-0.25, -0.2) is 9.83 Å². The molecule has 8 aromatic carbocycles. The molecule has 564 valence electrons. The summed E-state index contributed by atoms with van der Waals surface area (Å²) in [5, 5.41) is 16.5. The summed E-state index contributed by atoms with van der Waals surface area (Å²) in [4.78, 5) is 25.7. The SMILES string of the molecule is [2H-].[C-]#[N+]/C(c1cnc2cc(Cl)c(Cl)cc2n1)=c1\c2c(-c3cccc(OCC(CCCCCC)CCCCCCCC)c3)n(B(c3ccccc3)c3ccccc3)/c(=C(/C#N)c3cnc4cc(Cl)c(Cl)cc4n3)c2c(-c2cccc(OCC(CCCCCC)CCCCCCCC)c2)n1B(c1ccccc1)c1ccccc1. The first-order valence-corrected chi connectivity index (χ1v) is 41.8. The van der Waals surface area contributed by atoms with Gasteiger partial charge in [0.25, 0.3) is 0 Å². The third-order valence-electron chi connectivity index (χ3n) is 21.5. The van der Waals surface area contributed by atoms with E-state index in [1.165, 1.54) is 103 Å². The van der Waals surface area contributed by atoms with Crippen LogP contribution in [0.1, 0.15) is 195 Å². The molecule has 0 amide bonds. The fourth-order valence-corrected chi connectivity index (χ4v) is 16.5.